The lowest BCUT2D eigenvalue weighted by atomic mass is 10.1. The molecule has 4 rings (SSSR count). The number of halogens is 1. The van der Waals surface area contributed by atoms with E-state index in [4.69, 9.17) is 21.9 Å². The molecule has 0 saturated heterocycles. The summed E-state index contributed by atoms with van der Waals surface area (Å²) < 4.78 is 4.95. The second-order valence-electron chi connectivity index (χ2n) is 4.98. The first kappa shape index (κ1) is 15.0. The maximum absolute atomic E-state index is 12.7. The zero-order valence-electron chi connectivity index (χ0n) is 12.1. The molecule has 0 unspecified atom stereocenters. The van der Waals surface area contributed by atoms with Crippen molar-refractivity contribution in [2.45, 2.75) is 6.54 Å². The summed E-state index contributed by atoms with van der Waals surface area (Å²) in [5.74, 6) is 0.437. The van der Waals surface area contributed by atoms with Crippen LogP contribution in [-0.2, 0) is 6.54 Å². The number of rotatable bonds is 4. The zero-order chi connectivity index (χ0) is 16.7. The molecule has 0 radical (unpaired) electrons. The molecule has 0 fully saturated rings. The first-order valence-electron chi connectivity index (χ1n) is 6.95. The van der Waals surface area contributed by atoms with Crippen molar-refractivity contribution in [1.82, 2.24) is 20.1 Å². The highest BCUT2D eigenvalue weighted by atomic mass is 35.5. The first-order chi connectivity index (χ1) is 11.7. The Morgan fingerprint density at radius 1 is 1.38 bits per heavy atom. The van der Waals surface area contributed by atoms with Gasteiger partial charge in [0.2, 0.25) is 17.5 Å². The zero-order valence-corrected chi connectivity index (χ0v) is 13.7. The maximum Gasteiger partial charge on any atom is 0.240 e. The number of thiazole rings is 1. The minimum atomic E-state index is -0.192. The highest BCUT2D eigenvalue weighted by Crippen LogP contribution is 2.27. The standard InChI is InChI=1S/C15H10ClN5O2S/c16-7-1-2-10-8(3-7)9(5-18-10)13(22)15-19-11(6-24-15)14-20-12(4-17)23-21-14/h1-3,5-6,18H,4,17H2. The number of nitrogens with one attached hydrogen (secondary N) is 1. The largest absolute Gasteiger partial charge is 0.360 e. The Kier molecular flexibility index (Phi) is 3.64. The Morgan fingerprint density at radius 3 is 3.04 bits per heavy atom. The number of ketones is 1. The molecule has 3 aromatic heterocycles. The van der Waals surface area contributed by atoms with E-state index in [2.05, 4.69) is 20.1 Å². The normalized spacial score (nSPS) is 11.2. The van der Waals surface area contributed by atoms with Gasteiger partial charge in [-0.2, -0.15) is 4.98 Å². The van der Waals surface area contributed by atoms with Gasteiger partial charge in [-0.25, -0.2) is 4.98 Å². The van der Waals surface area contributed by atoms with Crippen molar-refractivity contribution in [3.05, 3.63) is 51.3 Å². The highest BCUT2D eigenvalue weighted by molar-refractivity contribution is 7.12. The van der Waals surface area contributed by atoms with Gasteiger partial charge in [-0.1, -0.05) is 16.8 Å². The molecule has 0 amide bonds. The molecule has 0 spiro atoms. The molecule has 0 atom stereocenters. The lowest BCUT2D eigenvalue weighted by molar-refractivity contribution is 0.104. The van der Waals surface area contributed by atoms with Crippen LogP contribution in [0, 0.1) is 0 Å². The van der Waals surface area contributed by atoms with E-state index in [1.54, 1.807) is 23.7 Å². The number of carbonyl (C=O) groups excluding carboxylic acids is 1. The van der Waals surface area contributed by atoms with Crippen LogP contribution in [-0.4, -0.2) is 25.9 Å². The molecule has 0 bridgehead atoms. The van der Waals surface area contributed by atoms with Gasteiger partial charge >= 0.3 is 0 Å². The summed E-state index contributed by atoms with van der Waals surface area (Å²) in [6, 6.07) is 5.35. The smallest absolute Gasteiger partial charge is 0.240 e. The van der Waals surface area contributed by atoms with E-state index >= 15 is 0 Å². The predicted octanol–water partition coefficient (Wildman–Crippen LogP) is 3.02. The van der Waals surface area contributed by atoms with Gasteiger partial charge in [0.15, 0.2) is 5.01 Å². The number of nitrogens with two attached hydrogens (primary N) is 1. The summed E-state index contributed by atoms with van der Waals surface area (Å²) in [6.45, 7) is 0.152. The number of fused-ring (bicyclic) bond motifs is 1. The summed E-state index contributed by atoms with van der Waals surface area (Å²) >= 11 is 7.24. The topological polar surface area (TPSA) is 111 Å². The molecule has 3 heterocycles. The van der Waals surface area contributed by atoms with Gasteiger partial charge in [0.1, 0.15) is 5.69 Å². The van der Waals surface area contributed by atoms with Crippen LogP contribution < -0.4 is 5.73 Å². The van der Waals surface area contributed by atoms with Crippen molar-refractivity contribution in [3.63, 3.8) is 0 Å². The van der Waals surface area contributed by atoms with Gasteiger partial charge in [-0.3, -0.25) is 4.79 Å². The number of nitrogens with zero attached hydrogens (tertiary/aromatic N) is 3. The summed E-state index contributed by atoms with van der Waals surface area (Å²) in [6.07, 6.45) is 1.66. The third kappa shape index (κ3) is 2.50. The van der Waals surface area contributed by atoms with Crippen LogP contribution in [0.25, 0.3) is 22.4 Å². The number of carbonyl (C=O) groups is 1. The molecule has 24 heavy (non-hydrogen) atoms. The number of aromatic amines is 1. The van der Waals surface area contributed by atoms with E-state index in [9.17, 15) is 4.79 Å². The van der Waals surface area contributed by atoms with Gasteiger partial charge < -0.3 is 15.2 Å². The second kappa shape index (κ2) is 5.82. The molecule has 9 heteroatoms. The molecule has 7 nitrogen and oxygen atoms in total. The van der Waals surface area contributed by atoms with Crippen molar-refractivity contribution in [2.24, 2.45) is 5.73 Å². The lowest BCUT2D eigenvalue weighted by Gasteiger charge is -1.96. The molecule has 0 aliphatic carbocycles. The monoisotopic (exact) mass is 359 g/mol. The van der Waals surface area contributed by atoms with Crippen LogP contribution in [0.1, 0.15) is 21.3 Å². The van der Waals surface area contributed by atoms with Crippen molar-refractivity contribution in [3.8, 4) is 11.5 Å². The number of aromatic nitrogens is 4. The van der Waals surface area contributed by atoms with E-state index in [1.807, 2.05) is 6.07 Å². The second-order valence-corrected chi connectivity index (χ2v) is 6.27. The quantitative estimate of drug-likeness (QED) is 0.542. The summed E-state index contributed by atoms with van der Waals surface area (Å²) in [5, 5.41) is 7.17. The van der Waals surface area contributed by atoms with E-state index in [0.29, 0.717) is 33.0 Å². The number of hydrogen-bond donors (Lipinski definition) is 2. The van der Waals surface area contributed by atoms with E-state index in [1.165, 1.54) is 11.3 Å². The fourth-order valence-electron chi connectivity index (χ4n) is 2.32. The Hall–Kier alpha value is -2.55. The van der Waals surface area contributed by atoms with Crippen molar-refractivity contribution in [1.29, 1.82) is 0 Å². The van der Waals surface area contributed by atoms with Gasteiger partial charge in [-0.15, -0.1) is 11.3 Å². The summed E-state index contributed by atoms with van der Waals surface area (Å²) in [5.41, 5.74) is 7.27. The molecule has 0 saturated carbocycles. The molecular formula is C15H10ClN5O2S. The van der Waals surface area contributed by atoms with E-state index in [-0.39, 0.29) is 12.3 Å². The van der Waals surface area contributed by atoms with Crippen LogP contribution >= 0.6 is 22.9 Å². The SMILES string of the molecule is NCc1nc(-c2csc(C(=O)c3c[nH]c4ccc(Cl)cc34)n2)no1. The fraction of sp³-hybridized carbons (Fsp3) is 0.0667. The molecule has 3 N–H and O–H groups in total. The Balaban J connectivity index is 1.70. The average Bonchev–Trinajstić information content (AvgIpc) is 3.32. The van der Waals surface area contributed by atoms with Gasteiger partial charge in [0, 0.05) is 27.5 Å². The number of hydrogen-bond acceptors (Lipinski definition) is 7. The Morgan fingerprint density at radius 2 is 2.25 bits per heavy atom. The fourth-order valence-corrected chi connectivity index (χ4v) is 3.24. The van der Waals surface area contributed by atoms with Crippen LogP contribution in [0.3, 0.4) is 0 Å². The first-order valence-corrected chi connectivity index (χ1v) is 8.21. The Bertz CT molecular complexity index is 1050. The third-order valence-corrected chi connectivity index (χ3v) is 4.53. The molecular weight excluding hydrogens is 350 g/mol. The van der Waals surface area contributed by atoms with Crippen molar-refractivity contribution in [2.75, 3.05) is 0 Å². The van der Waals surface area contributed by atoms with E-state index in [0.717, 1.165) is 10.9 Å². The minimum absolute atomic E-state index is 0.152. The number of benzene rings is 1. The molecule has 0 aliphatic rings. The minimum Gasteiger partial charge on any atom is -0.360 e. The van der Waals surface area contributed by atoms with Crippen molar-refractivity contribution < 1.29 is 9.32 Å². The average molecular weight is 360 g/mol. The van der Waals surface area contributed by atoms with Crippen LogP contribution in [0.5, 0.6) is 0 Å². The molecule has 120 valence electrons. The van der Waals surface area contributed by atoms with Crippen LogP contribution in [0.15, 0.2) is 34.3 Å². The van der Waals surface area contributed by atoms with Crippen LogP contribution in [0.4, 0.5) is 0 Å². The lowest BCUT2D eigenvalue weighted by Crippen LogP contribution is -2.00. The van der Waals surface area contributed by atoms with Crippen molar-refractivity contribution >= 4 is 39.6 Å². The van der Waals surface area contributed by atoms with Crippen LogP contribution in [0.2, 0.25) is 5.02 Å². The van der Waals surface area contributed by atoms with Gasteiger partial charge in [0.05, 0.1) is 12.1 Å². The highest BCUT2D eigenvalue weighted by Gasteiger charge is 2.20. The van der Waals surface area contributed by atoms with Gasteiger partial charge in [0.25, 0.3) is 0 Å². The van der Waals surface area contributed by atoms with Gasteiger partial charge in [-0.05, 0) is 18.2 Å². The third-order valence-electron chi connectivity index (χ3n) is 3.46. The summed E-state index contributed by atoms with van der Waals surface area (Å²) in [7, 11) is 0. The Labute approximate surface area is 144 Å². The maximum atomic E-state index is 12.7. The summed E-state index contributed by atoms with van der Waals surface area (Å²) in [4.78, 5) is 24.2. The predicted molar refractivity (Wildman–Crippen MR) is 90.0 cm³/mol. The van der Waals surface area contributed by atoms with E-state index < -0.39 is 0 Å². The molecule has 1 aromatic carbocycles. The molecule has 4 aromatic rings. The molecule has 0 aliphatic heterocycles. The number of H-pyrrole nitrogens is 1.